The number of ether oxygens (including phenoxy) is 2. The van der Waals surface area contributed by atoms with Crippen molar-refractivity contribution < 1.29 is 9.47 Å². The summed E-state index contributed by atoms with van der Waals surface area (Å²) >= 11 is 0. The molecule has 2 aliphatic rings. The summed E-state index contributed by atoms with van der Waals surface area (Å²) in [7, 11) is 0. The second-order valence-electron chi connectivity index (χ2n) is 7.12. The van der Waals surface area contributed by atoms with Gasteiger partial charge in [0.05, 0.1) is 13.2 Å². The van der Waals surface area contributed by atoms with E-state index in [4.69, 9.17) is 15.2 Å². The van der Waals surface area contributed by atoms with Crippen LogP contribution in [-0.2, 0) is 0 Å². The fraction of sp³-hybridized carbons (Fsp3) is 0.667. The Bertz CT molecular complexity index is 498. The highest BCUT2D eigenvalue weighted by Gasteiger charge is 2.36. The molecule has 1 fully saturated rings. The second-order valence-corrected chi connectivity index (χ2v) is 7.12. The molecule has 3 rings (SSSR count). The lowest BCUT2D eigenvalue weighted by Gasteiger charge is -2.42. The average Bonchev–Trinajstić information content (AvgIpc) is 2.70. The van der Waals surface area contributed by atoms with Crippen LogP contribution in [0.1, 0.15) is 57.6 Å². The van der Waals surface area contributed by atoms with E-state index < -0.39 is 0 Å². The molecule has 0 bridgehead atoms. The number of rotatable bonds is 2. The van der Waals surface area contributed by atoms with E-state index in [2.05, 4.69) is 26.0 Å². The third kappa shape index (κ3) is 3.03. The van der Waals surface area contributed by atoms with Crippen LogP contribution < -0.4 is 15.2 Å². The van der Waals surface area contributed by atoms with Gasteiger partial charge in [0.25, 0.3) is 0 Å². The smallest absolute Gasteiger partial charge is 0.161 e. The van der Waals surface area contributed by atoms with Gasteiger partial charge in [-0.25, -0.2) is 0 Å². The van der Waals surface area contributed by atoms with Crippen LogP contribution in [0, 0.1) is 11.3 Å². The molecule has 2 unspecified atom stereocenters. The Labute approximate surface area is 127 Å². The van der Waals surface area contributed by atoms with Gasteiger partial charge in [-0.1, -0.05) is 32.8 Å². The monoisotopic (exact) mass is 289 g/mol. The van der Waals surface area contributed by atoms with Crippen LogP contribution >= 0.6 is 0 Å². The maximum Gasteiger partial charge on any atom is 0.161 e. The molecular weight excluding hydrogens is 262 g/mol. The molecular formula is C18H27NO2. The van der Waals surface area contributed by atoms with Crippen molar-refractivity contribution in [2.24, 2.45) is 17.1 Å². The maximum atomic E-state index is 6.62. The molecule has 2 atom stereocenters. The summed E-state index contributed by atoms with van der Waals surface area (Å²) in [6.45, 7) is 6.17. The zero-order valence-electron chi connectivity index (χ0n) is 13.2. The van der Waals surface area contributed by atoms with Crippen molar-refractivity contribution in [3.63, 3.8) is 0 Å². The molecule has 0 aromatic heterocycles. The summed E-state index contributed by atoms with van der Waals surface area (Å²) in [4.78, 5) is 0. The van der Waals surface area contributed by atoms with Crippen molar-refractivity contribution in [2.75, 3.05) is 13.2 Å². The molecule has 0 saturated heterocycles. The minimum atomic E-state index is 0.0810. The van der Waals surface area contributed by atoms with Crippen molar-refractivity contribution in [3.05, 3.63) is 23.8 Å². The van der Waals surface area contributed by atoms with Gasteiger partial charge in [-0.3, -0.25) is 0 Å². The first-order chi connectivity index (χ1) is 10.1. The third-order valence-electron chi connectivity index (χ3n) is 5.18. The normalized spacial score (nSPS) is 26.0. The largest absolute Gasteiger partial charge is 0.490 e. The van der Waals surface area contributed by atoms with E-state index in [1.54, 1.807) is 0 Å². The minimum Gasteiger partial charge on any atom is -0.490 e. The molecule has 0 amide bonds. The SMILES string of the molecule is CC1(C)CCCCC1C(N)c1ccc2c(c1)OCCCO2. The molecule has 0 radical (unpaired) electrons. The first-order valence-electron chi connectivity index (χ1n) is 8.23. The highest BCUT2D eigenvalue weighted by molar-refractivity contribution is 5.44. The third-order valence-corrected chi connectivity index (χ3v) is 5.18. The van der Waals surface area contributed by atoms with Gasteiger partial charge in [0, 0.05) is 12.5 Å². The van der Waals surface area contributed by atoms with Crippen LogP contribution in [0.2, 0.25) is 0 Å². The molecule has 2 N–H and O–H groups in total. The second kappa shape index (κ2) is 5.88. The Balaban J connectivity index is 1.84. The van der Waals surface area contributed by atoms with Crippen LogP contribution in [-0.4, -0.2) is 13.2 Å². The van der Waals surface area contributed by atoms with Gasteiger partial charge in [0.1, 0.15) is 0 Å². The van der Waals surface area contributed by atoms with Crippen LogP contribution in [0.3, 0.4) is 0 Å². The van der Waals surface area contributed by atoms with Crippen LogP contribution in [0.5, 0.6) is 11.5 Å². The maximum absolute atomic E-state index is 6.62. The summed E-state index contributed by atoms with van der Waals surface area (Å²) < 4.78 is 11.5. The molecule has 3 nitrogen and oxygen atoms in total. The molecule has 1 aromatic carbocycles. The van der Waals surface area contributed by atoms with Gasteiger partial charge >= 0.3 is 0 Å². The number of nitrogens with two attached hydrogens (primary N) is 1. The number of hydrogen-bond donors (Lipinski definition) is 1. The van der Waals surface area contributed by atoms with E-state index in [9.17, 15) is 0 Å². The molecule has 1 aromatic rings. The highest BCUT2D eigenvalue weighted by Crippen LogP contribution is 2.46. The predicted molar refractivity (Wildman–Crippen MR) is 84.7 cm³/mol. The molecule has 21 heavy (non-hydrogen) atoms. The number of fused-ring (bicyclic) bond motifs is 1. The highest BCUT2D eigenvalue weighted by atomic mass is 16.5. The van der Waals surface area contributed by atoms with E-state index in [1.165, 1.54) is 31.2 Å². The lowest BCUT2D eigenvalue weighted by atomic mass is 9.65. The zero-order valence-corrected chi connectivity index (χ0v) is 13.2. The summed E-state index contributed by atoms with van der Waals surface area (Å²) in [5.74, 6) is 2.25. The van der Waals surface area contributed by atoms with E-state index in [1.807, 2.05) is 6.07 Å². The van der Waals surface area contributed by atoms with Crippen molar-refractivity contribution in [3.8, 4) is 11.5 Å². The van der Waals surface area contributed by atoms with Gasteiger partial charge in [-0.15, -0.1) is 0 Å². The predicted octanol–water partition coefficient (Wildman–Crippen LogP) is 4.06. The Morgan fingerprint density at radius 2 is 1.86 bits per heavy atom. The van der Waals surface area contributed by atoms with Crippen molar-refractivity contribution in [1.29, 1.82) is 0 Å². The average molecular weight is 289 g/mol. The number of benzene rings is 1. The van der Waals surface area contributed by atoms with Crippen LogP contribution in [0.4, 0.5) is 0 Å². The molecule has 1 aliphatic carbocycles. The van der Waals surface area contributed by atoms with E-state index >= 15 is 0 Å². The lowest BCUT2D eigenvalue weighted by Crippen LogP contribution is -2.36. The topological polar surface area (TPSA) is 44.5 Å². The van der Waals surface area contributed by atoms with Gasteiger partial charge in [0.2, 0.25) is 0 Å². The van der Waals surface area contributed by atoms with Crippen molar-refractivity contribution >= 4 is 0 Å². The molecule has 1 saturated carbocycles. The summed E-state index contributed by atoms with van der Waals surface area (Å²) in [5.41, 5.74) is 8.12. The van der Waals surface area contributed by atoms with Gasteiger partial charge in [0.15, 0.2) is 11.5 Å². The quantitative estimate of drug-likeness (QED) is 0.892. The Kier molecular flexibility index (Phi) is 4.12. The van der Waals surface area contributed by atoms with Crippen molar-refractivity contribution in [1.82, 2.24) is 0 Å². The van der Waals surface area contributed by atoms with Gasteiger partial charge in [-0.05, 0) is 41.9 Å². The van der Waals surface area contributed by atoms with Crippen molar-refractivity contribution in [2.45, 2.75) is 52.0 Å². The Morgan fingerprint density at radius 1 is 1.10 bits per heavy atom. The molecule has 3 heteroatoms. The summed E-state index contributed by atoms with van der Waals surface area (Å²) in [6, 6.07) is 6.31. The fourth-order valence-corrected chi connectivity index (χ4v) is 3.81. The molecule has 116 valence electrons. The standard InChI is InChI=1S/C18H27NO2/c1-18(2)9-4-3-6-14(18)17(19)13-7-8-15-16(12-13)21-11-5-10-20-15/h7-8,12,14,17H,3-6,9-11,19H2,1-2H3. The Hall–Kier alpha value is -1.22. The van der Waals surface area contributed by atoms with E-state index in [0.717, 1.165) is 31.1 Å². The molecule has 1 aliphatic heterocycles. The van der Waals surface area contributed by atoms with Gasteiger partial charge < -0.3 is 15.2 Å². The van der Waals surface area contributed by atoms with Crippen LogP contribution in [0.15, 0.2) is 18.2 Å². The zero-order chi connectivity index (χ0) is 14.9. The van der Waals surface area contributed by atoms with Crippen LogP contribution in [0.25, 0.3) is 0 Å². The van der Waals surface area contributed by atoms with E-state index in [-0.39, 0.29) is 6.04 Å². The summed E-state index contributed by atoms with van der Waals surface area (Å²) in [5, 5.41) is 0. The fourth-order valence-electron chi connectivity index (χ4n) is 3.81. The van der Waals surface area contributed by atoms with Gasteiger partial charge in [-0.2, -0.15) is 0 Å². The summed E-state index contributed by atoms with van der Waals surface area (Å²) in [6.07, 6.45) is 6.06. The molecule has 0 spiro atoms. The molecule has 1 heterocycles. The first-order valence-corrected chi connectivity index (χ1v) is 8.23. The number of hydrogen-bond acceptors (Lipinski definition) is 3. The van der Waals surface area contributed by atoms with E-state index in [0.29, 0.717) is 11.3 Å². The first kappa shape index (κ1) is 14.7. The lowest BCUT2D eigenvalue weighted by molar-refractivity contribution is 0.112. The minimum absolute atomic E-state index is 0.0810. The Morgan fingerprint density at radius 3 is 2.62 bits per heavy atom.